The molecule has 0 aliphatic heterocycles. The van der Waals surface area contributed by atoms with Gasteiger partial charge in [0.15, 0.2) is 0 Å². The maximum Gasteiger partial charge on any atom is 0.328 e. The number of aromatic hydroxyl groups is 1. The Labute approximate surface area is 142 Å². The van der Waals surface area contributed by atoms with Crippen molar-refractivity contribution in [2.75, 3.05) is 0 Å². The van der Waals surface area contributed by atoms with Crippen LogP contribution >= 0.6 is 0 Å². The van der Waals surface area contributed by atoms with Crippen molar-refractivity contribution in [2.24, 2.45) is 0 Å². The number of aliphatic carboxylic acids is 1. The van der Waals surface area contributed by atoms with Gasteiger partial charge in [0.2, 0.25) is 0 Å². The summed E-state index contributed by atoms with van der Waals surface area (Å²) in [5.74, 6) is -0.696. The molecule has 1 aromatic rings. The summed E-state index contributed by atoms with van der Waals surface area (Å²) in [6.45, 7) is 0. The zero-order chi connectivity index (χ0) is 17.5. The molecule has 0 spiro atoms. The number of allylic oxidation sites excluding steroid dienone is 12. The number of phenolic OH excluding ortho intramolecular Hbond substituents is 1. The summed E-state index contributed by atoms with van der Waals surface area (Å²) >= 11 is 0. The Kier molecular flexibility index (Phi) is 9.54. The minimum atomic E-state index is -0.959. The molecule has 0 saturated carbocycles. The van der Waals surface area contributed by atoms with Crippen LogP contribution in [0.2, 0.25) is 0 Å². The van der Waals surface area contributed by atoms with E-state index in [1.54, 1.807) is 24.3 Å². The number of carboxylic acid groups (broad SMARTS) is 1. The van der Waals surface area contributed by atoms with Gasteiger partial charge in [-0.25, -0.2) is 4.79 Å². The van der Waals surface area contributed by atoms with Crippen LogP contribution in [0.25, 0.3) is 6.08 Å². The smallest absolute Gasteiger partial charge is 0.328 e. The highest BCUT2D eigenvalue weighted by Crippen LogP contribution is 2.10. The van der Waals surface area contributed by atoms with E-state index >= 15 is 0 Å². The zero-order valence-electron chi connectivity index (χ0n) is 13.2. The fourth-order valence-electron chi connectivity index (χ4n) is 1.53. The van der Waals surface area contributed by atoms with Gasteiger partial charge in [-0.2, -0.15) is 0 Å². The predicted octanol–water partition coefficient (Wildman–Crippen LogP) is 4.83. The summed E-state index contributed by atoms with van der Waals surface area (Å²) in [7, 11) is 0. The molecule has 0 radical (unpaired) electrons. The minimum Gasteiger partial charge on any atom is -0.508 e. The molecule has 0 bridgehead atoms. The van der Waals surface area contributed by atoms with Gasteiger partial charge in [-0.1, -0.05) is 91.1 Å². The Morgan fingerprint density at radius 2 is 1.08 bits per heavy atom. The summed E-state index contributed by atoms with van der Waals surface area (Å²) in [6, 6.07) is 6.99. The SMILES string of the molecule is O=C(O)C=CC=CC=CC=CC=CC=CC=Cc1ccc(O)cc1. The van der Waals surface area contributed by atoms with Crippen molar-refractivity contribution in [3.63, 3.8) is 0 Å². The first-order chi connectivity index (χ1) is 11.7. The molecule has 0 amide bonds. The van der Waals surface area contributed by atoms with E-state index in [1.807, 2.05) is 72.9 Å². The number of hydrogen-bond donors (Lipinski definition) is 2. The third-order valence-electron chi connectivity index (χ3n) is 2.64. The molecule has 0 atom stereocenters. The van der Waals surface area contributed by atoms with Crippen molar-refractivity contribution in [3.8, 4) is 5.75 Å². The van der Waals surface area contributed by atoms with Crippen LogP contribution in [0.3, 0.4) is 0 Å². The topological polar surface area (TPSA) is 57.5 Å². The molecule has 2 N–H and O–H groups in total. The number of carbonyl (C=O) groups is 1. The van der Waals surface area contributed by atoms with Crippen LogP contribution < -0.4 is 0 Å². The van der Waals surface area contributed by atoms with Crippen LogP contribution in [0, 0.1) is 0 Å². The minimum absolute atomic E-state index is 0.263. The average Bonchev–Trinajstić information content (AvgIpc) is 2.56. The van der Waals surface area contributed by atoms with Crippen molar-refractivity contribution < 1.29 is 15.0 Å². The molecule has 0 fully saturated rings. The molecule has 122 valence electrons. The molecule has 1 aromatic carbocycles. The highest BCUT2D eigenvalue weighted by atomic mass is 16.4. The Hall–Kier alpha value is -3.33. The summed E-state index contributed by atoms with van der Waals surface area (Å²) in [4.78, 5) is 10.2. The number of benzene rings is 1. The Morgan fingerprint density at radius 3 is 1.54 bits per heavy atom. The first-order valence-corrected chi connectivity index (χ1v) is 7.38. The molecule has 0 aliphatic rings. The molecule has 3 nitrogen and oxygen atoms in total. The van der Waals surface area contributed by atoms with Gasteiger partial charge in [-0.3, -0.25) is 0 Å². The number of hydrogen-bond acceptors (Lipinski definition) is 2. The summed E-state index contributed by atoms with van der Waals surface area (Å²) in [5.41, 5.74) is 1.03. The van der Waals surface area contributed by atoms with Gasteiger partial charge in [-0.05, 0) is 17.7 Å². The van der Waals surface area contributed by atoms with E-state index in [-0.39, 0.29) is 5.75 Å². The van der Waals surface area contributed by atoms with Crippen LogP contribution in [0.1, 0.15) is 5.56 Å². The molecule has 0 unspecified atom stereocenters. The van der Waals surface area contributed by atoms with Crippen molar-refractivity contribution >= 4 is 12.0 Å². The quantitative estimate of drug-likeness (QED) is 0.533. The molecule has 1 rings (SSSR count). The second-order valence-corrected chi connectivity index (χ2v) is 4.57. The Balaban J connectivity index is 2.26. The van der Waals surface area contributed by atoms with Gasteiger partial charge < -0.3 is 10.2 Å². The lowest BCUT2D eigenvalue weighted by molar-refractivity contribution is -0.131. The van der Waals surface area contributed by atoms with Crippen LogP contribution in [-0.4, -0.2) is 16.2 Å². The molecule has 0 saturated heterocycles. The van der Waals surface area contributed by atoms with E-state index in [0.717, 1.165) is 11.6 Å². The number of carboxylic acids is 1. The average molecular weight is 320 g/mol. The van der Waals surface area contributed by atoms with Crippen LogP contribution in [0.15, 0.2) is 103 Å². The van der Waals surface area contributed by atoms with E-state index in [9.17, 15) is 9.90 Å². The van der Waals surface area contributed by atoms with E-state index in [0.29, 0.717) is 0 Å². The second-order valence-electron chi connectivity index (χ2n) is 4.57. The van der Waals surface area contributed by atoms with Gasteiger partial charge in [-0.15, -0.1) is 0 Å². The van der Waals surface area contributed by atoms with Crippen molar-refractivity contribution in [1.82, 2.24) is 0 Å². The molecule has 3 heteroatoms. The highest BCUT2D eigenvalue weighted by molar-refractivity contribution is 5.80. The first kappa shape index (κ1) is 18.7. The maximum absolute atomic E-state index is 10.2. The van der Waals surface area contributed by atoms with Gasteiger partial charge in [0.1, 0.15) is 5.75 Å². The fraction of sp³-hybridized carbons (Fsp3) is 0. The van der Waals surface area contributed by atoms with E-state index in [1.165, 1.54) is 6.08 Å². The Bertz CT molecular complexity index is 697. The van der Waals surface area contributed by atoms with E-state index in [4.69, 9.17) is 5.11 Å². The molecule has 0 heterocycles. The second kappa shape index (κ2) is 12.2. The van der Waals surface area contributed by atoms with Crippen LogP contribution in [0.4, 0.5) is 0 Å². The normalized spacial score (nSPS) is 13.2. The molecular weight excluding hydrogens is 300 g/mol. The number of phenols is 1. The maximum atomic E-state index is 10.2. The fourth-order valence-corrected chi connectivity index (χ4v) is 1.53. The van der Waals surface area contributed by atoms with Crippen molar-refractivity contribution in [3.05, 3.63) is 109 Å². The van der Waals surface area contributed by atoms with Gasteiger partial charge in [0.05, 0.1) is 0 Å². The highest BCUT2D eigenvalue weighted by Gasteiger charge is 1.85. The molecule has 24 heavy (non-hydrogen) atoms. The summed E-state index contributed by atoms with van der Waals surface area (Å²) in [6.07, 6.45) is 24.9. The van der Waals surface area contributed by atoms with Gasteiger partial charge in [0, 0.05) is 6.08 Å². The van der Waals surface area contributed by atoms with Crippen molar-refractivity contribution in [1.29, 1.82) is 0 Å². The third kappa shape index (κ3) is 10.4. The van der Waals surface area contributed by atoms with Crippen LogP contribution in [0.5, 0.6) is 5.75 Å². The predicted molar refractivity (Wildman–Crippen MR) is 99.6 cm³/mol. The monoisotopic (exact) mass is 320 g/mol. The van der Waals surface area contributed by atoms with Crippen LogP contribution in [-0.2, 0) is 4.79 Å². The number of rotatable bonds is 8. The largest absolute Gasteiger partial charge is 0.508 e. The third-order valence-corrected chi connectivity index (χ3v) is 2.64. The van der Waals surface area contributed by atoms with E-state index in [2.05, 4.69) is 0 Å². The summed E-state index contributed by atoms with van der Waals surface area (Å²) in [5, 5.41) is 17.6. The lowest BCUT2D eigenvalue weighted by Gasteiger charge is -1.92. The zero-order valence-corrected chi connectivity index (χ0v) is 13.2. The first-order valence-electron chi connectivity index (χ1n) is 7.38. The Morgan fingerprint density at radius 1 is 0.667 bits per heavy atom. The van der Waals surface area contributed by atoms with E-state index < -0.39 is 5.97 Å². The molecular formula is C21H20O3. The van der Waals surface area contributed by atoms with Crippen molar-refractivity contribution in [2.45, 2.75) is 0 Å². The van der Waals surface area contributed by atoms with Gasteiger partial charge >= 0.3 is 5.97 Å². The lowest BCUT2D eigenvalue weighted by atomic mass is 10.2. The lowest BCUT2D eigenvalue weighted by Crippen LogP contribution is -1.84. The standard InChI is InChI=1S/C21H20O3/c22-20-17-15-19(16-18-20)13-11-9-7-5-3-1-2-4-6-8-10-12-14-21(23)24/h1-18,22H,(H,23,24). The summed E-state index contributed by atoms with van der Waals surface area (Å²) < 4.78 is 0. The van der Waals surface area contributed by atoms with Gasteiger partial charge in [0.25, 0.3) is 0 Å². The molecule has 0 aromatic heterocycles. The molecule has 0 aliphatic carbocycles.